The molecule has 1 aliphatic heterocycles. The first-order valence-corrected chi connectivity index (χ1v) is 9.02. The number of benzene rings is 1. The van der Waals surface area contributed by atoms with E-state index in [-0.39, 0.29) is 0 Å². The van der Waals surface area contributed by atoms with Crippen LogP contribution in [0.15, 0.2) is 46.8 Å². The van der Waals surface area contributed by atoms with E-state index in [0.29, 0.717) is 34.9 Å². The van der Waals surface area contributed by atoms with Crippen LogP contribution >= 0.6 is 0 Å². The van der Waals surface area contributed by atoms with E-state index < -0.39 is 17.9 Å². The Balaban J connectivity index is 2.50. The van der Waals surface area contributed by atoms with Crippen molar-refractivity contribution in [1.82, 2.24) is 10.2 Å². The molecule has 1 aromatic rings. The predicted octanol–water partition coefficient (Wildman–Crippen LogP) is 2.21. The van der Waals surface area contributed by atoms with Crippen molar-refractivity contribution in [2.45, 2.75) is 19.8 Å². The Labute approximate surface area is 165 Å². The van der Waals surface area contributed by atoms with Gasteiger partial charge in [0, 0.05) is 17.9 Å². The van der Waals surface area contributed by atoms with Crippen LogP contribution in [0.3, 0.4) is 0 Å². The molecule has 152 valence electrons. The second-order valence-electron chi connectivity index (χ2n) is 6.84. The third-order valence-electron chi connectivity index (χ3n) is 4.57. The minimum Gasteiger partial charge on any atom is -0.492 e. The lowest BCUT2D eigenvalue weighted by molar-refractivity contribution is -0.137. The lowest BCUT2D eigenvalue weighted by atomic mass is 9.80. The molecule has 0 saturated carbocycles. The Kier molecular flexibility index (Phi) is 7.23. The molecule has 0 saturated heterocycles. The van der Waals surface area contributed by atoms with Gasteiger partial charge in [0.15, 0.2) is 0 Å². The maximum absolute atomic E-state index is 12.5. The maximum atomic E-state index is 12.5. The van der Waals surface area contributed by atoms with Crippen molar-refractivity contribution < 1.29 is 23.8 Å². The van der Waals surface area contributed by atoms with Gasteiger partial charge in [0.1, 0.15) is 12.4 Å². The summed E-state index contributed by atoms with van der Waals surface area (Å²) in [7, 11) is 6.59. The van der Waals surface area contributed by atoms with Gasteiger partial charge >= 0.3 is 11.9 Å². The molecule has 28 heavy (non-hydrogen) atoms. The molecule has 7 nitrogen and oxygen atoms in total. The molecule has 1 aliphatic rings. The number of esters is 2. The van der Waals surface area contributed by atoms with Gasteiger partial charge in [0.2, 0.25) is 0 Å². The fourth-order valence-electron chi connectivity index (χ4n) is 3.22. The normalized spacial score (nSPS) is 14.8. The lowest BCUT2D eigenvalue weighted by Gasteiger charge is -2.30. The summed E-state index contributed by atoms with van der Waals surface area (Å²) in [4.78, 5) is 27.1. The number of methoxy groups -OCH3 is 2. The number of rotatable bonds is 7. The van der Waals surface area contributed by atoms with Gasteiger partial charge in [-0.25, -0.2) is 9.59 Å². The van der Waals surface area contributed by atoms with Crippen molar-refractivity contribution in [2.24, 2.45) is 0 Å². The quantitative estimate of drug-likeness (QED) is 0.718. The molecule has 2 rings (SSSR count). The van der Waals surface area contributed by atoms with Crippen molar-refractivity contribution in [3.63, 3.8) is 0 Å². The third kappa shape index (κ3) is 4.72. The molecule has 0 aromatic heterocycles. The number of nitrogens with zero attached hydrogens (tertiary/aromatic N) is 1. The minimum atomic E-state index is -0.612. The van der Waals surface area contributed by atoms with E-state index in [1.807, 2.05) is 43.3 Å². The van der Waals surface area contributed by atoms with E-state index in [1.165, 1.54) is 14.2 Å². The van der Waals surface area contributed by atoms with Crippen LogP contribution < -0.4 is 10.1 Å². The summed E-state index contributed by atoms with van der Waals surface area (Å²) in [6, 6.07) is 7.40. The zero-order valence-corrected chi connectivity index (χ0v) is 17.3. The number of carbonyl (C=O) groups excluding carboxylic acids is 2. The van der Waals surface area contributed by atoms with Gasteiger partial charge in [-0.2, -0.15) is 0 Å². The average Bonchev–Trinajstić information content (AvgIpc) is 2.66. The number of hydrogen-bond donors (Lipinski definition) is 1. The molecule has 0 aliphatic carbocycles. The van der Waals surface area contributed by atoms with Crippen LogP contribution in [0.4, 0.5) is 0 Å². The topological polar surface area (TPSA) is 77.1 Å². The Morgan fingerprint density at radius 3 is 2.11 bits per heavy atom. The molecule has 1 N–H and O–H groups in total. The summed E-state index contributed by atoms with van der Waals surface area (Å²) < 4.78 is 15.8. The van der Waals surface area contributed by atoms with Gasteiger partial charge in [-0.15, -0.1) is 0 Å². The average molecular weight is 388 g/mol. The first-order chi connectivity index (χ1) is 13.3. The van der Waals surface area contributed by atoms with E-state index in [1.54, 1.807) is 13.8 Å². The monoisotopic (exact) mass is 388 g/mol. The highest BCUT2D eigenvalue weighted by atomic mass is 16.5. The summed E-state index contributed by atoms with van der Waals surface area (Å²) >= 11 is 0. The van der Waals surface area contributed by atoms with Crippen LogP contribution in [-0.4, -0.2) is 58.3 Å². The van der Waals surface area contributed by atoms with Crippen molar-refractivity contribution in [1.29, 1.82) is 0 Å². The van der Waals surface area contributed by atoms with E-state index in [2.05, 4.69) is 5.32 Å². The molecule has 1 aromatic carbocycles. The number of dihydropyridines is 1. The molecule has 0 atom stereocenters. The van der Waals surface area contributed by atoms with Gasteiger partial charge in [-0.1, -0.05) is 12.1 Å². The van der Waals surface area contributed by atoms with E-state index >= 15 is 0 Å². The van der Waals surface area contributed by atoms with E-state index in [4.69, 9.17) is 14.2 Å². The molecule has 7 heteroatoms. The van der Waals surface area contributed by atoms with Crippen molar-refractivity contribution in [2.75, 3.05) is 41.5 Å². The summed E-state index contributed by atoms with van der Waals surface area (Å²) in [6.07, 6.45) is 0. The highest BCUT2D eigenvalue weighted by Crippen LogP contribution is 2.40. The van der Waals surface area contributed by atoms with Gasteiger partial charge in [-0.3, -0.25) is 0 Å². The zero-order valence-electron chi connectivity index (χ0n) is 17.3. The van der Waals surface area contributed by atoms with Crippen LogP contribution in [0, 0.1) is 0 Å². The minimum absolute atomic E-state index is 0.374. The van der Waals surface area contributed by atoms with Gasteiger partial charge in [0.25, 0.3) is 0 Å². The Bertz CT molecular complexity index is 773. The summed E-state index contributed by atoms with van der Waals surface area (Å²) in [6.45, 7) is 4.87. The summed E-state index contributed by atoms with van der Waals surface area (Å²) in [5, 5.41) is 3.09. The zero-order chi connectivity index (χ0) is 20.8. The number of carbonyl (C=O) groups is 2. The van der Waals surface area contributed by atoms with Crippen molar-refractivity contribution in [3.8, 4) is 5.75 Å². The molecule has 0 bridgehead atoms. The first-order valence-electron chi connectivity index (χ1n) is 9.02. The Morgan fingerprint density at radius 1 is 1.04 bits per heavy atom. The van der Waals surface area contributed by atoms with E-state index in [0.717, 1.165) is 12.1 Å². The highest BCUT2D eigenvalue weighted by Gasteiger charge is 2.37. The highest BCUT2D eigenvalue weighted by molar-refractivity contribution is 5.99. The first kappa shape index (κ1) is 21.5. The van der Waals surface area contributed by atoms with Crippen LogP contribution in [0.1, 0.15) is 25.3 Å². The molecular weight excluding hydrogens is 360 g/mol. The second-order valence-corrected chi connectivity index (χ2v) is 6.84. The molecule has 0 fully saturated rings. The standard InChI is InChI=1S/C21H28N2O5/c1-13-17(20(24)26-5)19(18(14(2)22-13)21(25)27-6)15-8-7-9-16(12-15)28-11-10-23(3)4/h7-9,12,19,22H,10-11H2,1-6H3. The Hall–Kier alpha value is -2.80. The summed E-state index contributed by atoms with van der Waals surface area (Å²) in [5.41, 5.74) is 2.78. The molecule has 0 amide bonds. The van der Waals surface area contributed by atoms with E-state index in [9.17, 15) is 9.59 Å². The fourth-order valence-corrected chi connectivity index (χ4v) is 3.22. The van der Waals surface area contributed by atoms with Crippen molar-refractivity contribution in [3.05, 3.63) is 52.4 Å². The van der Waals surface area contributed by atoms with Crippen molar-refractivity contribution >= 4 is 11.9 Å². The lowest BCUT2D eigenvalue weighted by Crippen LogP contribution is -2.32. The maximum Gasteiger partial charge on any atom is 0.336 e. The SMILES string of the molecule is COC(=O)C1=C(C)NC(C)=C(C(=O)OC)C1c1cccc(OCCN(C)C)c1. The number of nitrogens with one attached hydrogen (secondary N) is 1. The third-order valence-corrected chi connectivity index (χ3v) is 4.57. The van der Waals surface area contributed by atoms with Gasteiger partial charge < -0.3 is 24.4 Å². The molecule has 1 heterocycles. The number of hydrogen-bond acceptors (Lipinski definition) is 7. The number of likely N-dealkylation sites (N-methyl/N-ethyl adjacent to an activating group) is 1. The molecular formula is C21H28N2O5. The smallest absolute Gasteiger partial charge is 0.336 e. The number of ether oxygens (including phenoxy) is 3. The van der Waals surface area contributed by atoms with Crippen LogP contribution in [-0.2, 0) is 19.1 Å². The van der Waals surface area contributed by atoms with Crippen LogP contribution in [0.2, 0.25) is 0 Å². The molecule has 0 radical (unpaired) electrons. The van der Waals surface area contributed by atoms with Gasteiger partial charge in [-0.05, 0) is 45.6 Å². The van der Waals surface area contributed by atoms with Gasteiger partial charge in [0.05, 0.1) is 31.3 Å². The largest absolute Gasteiger partial charge is 0.492 e. The second kappa shape index (κ2) is 9.41. The molecule has 0 spiro atoms. The molecule has 0 unspecified atom stereocenters. The fraction of sp³-hybridized carbons (Fsp3) is 0.429. The summed E-state index contributed by atoms with van der Waals surface area (Å²) in [5.74, 6) is -0.939. The van der Waals surface area contributed by atoms with Crippen LogP contribution in [0.5, 0.6) is 5.75 Å². The predicted molar refractivity (Wildman–Crippen MR) is 106 cm³/mol. The number of allylic oxidation sites excluding steroid dienone is 2. The van der Waals surface area contributed by atoms with Crippen LogP contribution in [0.25, 0.3) is 0 Å². The Morgan fingerprint density at radius 2 is 1.61 bits per heavy atom.